The second kappa shape index (κ2) is 7.76. The number of hydrogen-bond donors (Lipinski definition) is 1. The van der Waals surface area contributed by atoms with Gasteiger partial charge in [-0.05, 0) is 48.9 Å². The van der Waals surface area contributed by atoms with Gasteiger partial charge >= 0.3 is 0 Å². The molecule has 1 amide bonds. The maximum Gasteiger partial charge on any atom is 0.227 e. The number of carbonyl (C=O) groups is 1. The largest absolute Gasteiger partial charge is 0.355 e. The first-order valence-electron chi connectivity index (χ1n) is 10.1. The van der Waals surface area contributed by atoms with Crippen LogP contribution in [0.5, 0.6) is 0 Å². The Morgan fingerprint density at radius 3 is 2.86 bits per heavy atom. The van der Waals surface area contributed by atoms with Crippen LogP contribution in [0.2, 0.25) is 0 Å². The lowest BCUT2D eigenvalue weighted by molar-refractivity contribution is -0.122. The maximum atomic E-state index is 12.8. The molecule has 1 N–H and O–H groups in total. The molecule has 2 aromatic rings. The van der Waals surface area contributed by atoms with Crippen molar-refractivity contribution in [3.05, 3.63) is 53.3 Å². The summed E-state index contributed by atoms with van der Waals surface area (Å²) in [6, 6.07) is 10.5. The number of rotatable bonds is 5. The van der Waals surface area contributed by atoms with E-state index in [2.05, 4.69) is 45.8 Å². The summed E-state index contributed by atoms with van der Waals surface area (Å²) in [6.07, 6.45) is 7.41. The minimum atomic E-state index is -0.0974. The molecule has 0 saturated carbocycles. The van der Waals surface area contributed by atoms with Gasteiger partial charge in [-0.15, -0.1) is 0 Å². The molecule has 2 heterocycles. The van der Waals surface area contributed by atoms with E-state index in [-0.39, 0.29) is 17.2 Å². The molecule has 28 heavy (non-hydrogen) atoms. The Bertz CT molecular complexity index is 888. The first kappa shape index (κ1) is 18.7. The topological polar surface area (TPSA) is 74.0 Å². The minimum absolute atomic E-state index is 0.0670. The molecule has 0 bridgehead atoms. The van der Waals surface area contributed by atoms with Gasteiger partial charge in [-0.3, -0.25) is 14.4 Å². The number of fused-ring (bicyclic) bond motifs is 2. The van der Waals surface area contributed by atoms with Gasteiger partial charge in [0.2, 0.25) is 5.91 Å². The van der Waals surface area contributed by atoms with E-state index in [1.165, 1.54) is 16.7 Å². The molecule has 1 aliphatic heterocycles. The number of benzene rings is 1. The van der Waals surface area contributed by atoms with Crippen molar-refractivity contribution < 1.29 is 4.79 Å². The van der Waals surface area contributed by atoms with Crippen LogP contribution >= 0.6 is 0 Å². The zero-order valence-electron chi connectivity index (χ0n) is 16.4. The summed E-state index contributed by atoms with van der Waals surface area (Å²) in [5.41, 5.74) is 3.88. The van der Waals surface area contributed by atoms with Crippen molar-refractivity contribution in [3.63, 3.8) is 0 Å². The smallest absolute Gasteiger partial charge is 0.227 e. The first-order valence-corrected chi connectivity index (χ1v) is 10.1. The van der Waals surface area contributed by atoms with Crippen molar-refractivity contribution in [2.45, 2.75) is 43.6 Å². The number of carbonyl (C=O) groups excluding carboxylic acids is 1. The highest BCUT2D eigenvalue weighted by atomic mass is 16.1. The van der Waals surface area contributed by atoms with Gasteiger partial charge in [0, 0.05) is 31.9 Å². The summed E-state index contributed by atoms with van der Waals surface area (Å²) < 4.78 is 1.85. The molecule has 1 aromatic heterocycles. The van der Waals surface area contributed by atoms with E-state index in [4.69, 9.17) is 5.26 Å². The molecule has 1 saturated heterocycles. The fourth-order valence-electron chi connectivity index (χ4n) is 4.92. The Labute approximate surface area is 166 Å². The lowest BCUT2D eigenvalue weighted by atomic mass is 9.73. The van der Waals surface area contributed by atoms with Gasteiger partial charge in [0.15, 0.2) is 0 Å². The number of hydrogen-bond acceptors (Lipinski definition) is 4. The Kier molecular flexibility index (Phi) is 5.19. The lowest BCUT2D eigenvalue weighted by Crippen LogP contribution is -2.41. The molecule has 4 rings (SSSR count). The molecule has 1 aromatic carbocycles. The van der Waals surface area contributed by atoms with Crippen LogP contribution in [0.1, 0.15) is 48.3 Å². The third-order valence-electron chi connectivity index (χ3n) is 6.33. The molecule has 2 aliphatic rings. The molecule has 1 fully saturated rings. The summed E-state index contributed by atoms with van der Waals surface area (Å²) in [4.78, 5) is 15.3. The van der Waals surface area contributed by atoms with Crippen molar-refractivity contribution >= 4 is 5.91 Å². The van der Waals surface area contributed by atoms with E-state index >= 15 is 0 Å². The van der Waals surface area contributed by atoms with Gasteiger partial charge in [-0.1, -0.05) is 24.3 Å². The zero-order chi connectivity index (χ0) is 19.6. The van der Waals surface area contributed by atoms with Crippen LogP contribution in [0, 0.1) is 11.3 Å². The molecule has 6 heteroatoms. The molecule has 1 atom stereocenters. The van der Waals surface area contributed by atoms with Gasteiger partial charge in [0.1, 0.15) is 0 Å². The van der Waals surface area contributed by atoms with Crippen molar-refractivity contribution in [2.24, 2.45) is 7.05 Å². The highest BCUT2D eigenvalue weighted by molar-refractivity contribution is 5.85. The molecule has 6 nitrogen and oxygen atoms in total. The second-order valence-electron chi connectivity index (χ2n) is 8.12. The molecule has 1 spiro atoms. The van der Waals surface area contributed by atoms with Crippen LogP contribution in [0.4, 0.5) is 0 Å². The number of nitrogens with zero attached hydrogens (tertiary/aromatic N) is 4. The van der Waals surface area contributed by atoms with Crippen LogP contribution in [0.15, 0.2) is 36.7 Å². The fraction of sp³-hybridized carbons (Fsp3) is 0.500. The Hall–Kier alpha value is -2.65. The third-order valence-corrected chi connectivity index (χ3v) is 6.33. The third kappa shape index (κ3) is 3.55. The summed E-state index contributed by atoms with van der Waals surface area (Å²) >= 11 is 0. The second-order valence-corrected chi connectivity index (χ2v) is 8.12. The van der Waals surface area contributed by atoms with Gasteiger partial charge in [-0.2, -0.15) is 10.4 Å². The van der Waals surface area contributed by atoms with Crippen LogP contribution in [0.25, 0.3) is 0 Å². The van der Waals surface area contributed by atoms with Crippen molar-refractivity contribution in [1.82, 2.24) is 20.0 Å². The van der Waals surface area contributed by atoms with Gasteiger partial charge in [-0.25, -0.2) is 0 Å². The van der Waals surface area contributed by atoms with E-state index in [9.17, 15) is 4.79 Å². The predicted octanol–water partition coefficient (Wildman–Crippen LogP) is 2.47. The SMILES string of the molecule is Cn1cc(CN2CCC3(CC2)CC(C(=O)NCCC#N)c2ccccc23)cn1. The van der Waals surface area contributed by atoms with Crippen molar-refractivity contribution in [2.75, 3.05) is 19.6 Å². The Morgan fingerprint density at radius 2 is 2.14 bits per heavy atom. The highest BCUT2D eigenvalue weighted by Gasteiger charge is 2.47. The number of amides is 1. The normalized spacial score (nSPS) is 20.6. The van der Waals surface area contributed by atoms with E-state index in [0.29, 0.717) is 13.0 Å². The molecule has 0 radical (unpaired) electrons. The summed E-state index contributed by atoms with van der Waals surface area (Å²) in [6.45, 7) is 3.43. The Morgan fingerprint density at radius 1 is 1.36 bits per heavy atom. The predicted molar refractivity (Wildman–Crippen MR) is 106 cm³/mol. The van der Waals surface area contributed by atoms with E-state index in [1.807, 2.05) is 24.0 Å². The average Bonchev–Trinajstić information content (AvgIpc) is 3.26. The molecular formula is C22H27N5O. The molecule has 146 valence electrons. The van der Waals surface area contributed by atoms with E-state index in [0.717, 1.165) is 38.9 Å². The van der Waals surface area contributed by atoms with Crippen LogP contribution < -0.4 is 5.32 Å². The van der Waals surface area contributed by atoms with E-state index in [1.54, 1.807) is 0 Å². The quantitative estimate of drug-likeness (QED) is 0.813. The van der Waals surface area contributed by atoms with Gasteiger partial charge in [0.05, 0.1) is 24.6 Å². The number of likely N-dealkylation sites (tertiary alicyclic amines) is 1. The highest BCUT2D eigenvalue weighted by Crippen LogP contribution is 2.51. The van der Waals surface area contributed by atoms with Crippen molar-refractivity contribution in [1.29, 1.82) is 5.26 Å². The lowest BCUT2D eigenvalue weighted by Gasteiger charge is -2.40. The molecular weight excluding hydrogens is 350 g/mol. The van der Waals surface area contributed by atoms with E-state index < -0.39 is 0 Å². The van der Waals surface area contributed by atoms with Crippen LogP contribution in [-0.4, -0.2) is 40.2 Å². The molecule has 1 unspecified atom stereocenters. The Balaban J connectivity index is 1.46. The zero-order valence-corrected chi connectivity index (χ0v) is 16.4. The van der Waals surface area contributed by atoms with Gasteiger partial charge < -0.3 is 5.32 Å². The van der Waals surface area contributed by atoms with Crippen LogP contribution in [-0.2, 0) is 23.8 Å². The number of aromatic nitrogens is 2. The number of nitrogens with one attached hydrogen (secondary N) is 1. The van der Waals surface area contributed by atoms with Gasteiger partial charge in [0.25, 0.3) is 0 Å². The summed E-state index contributed by atoms with van der Waals surface area (Å²) in [5, 5.41) is 15.9. The average molecular weight is 377 g/mol. The number of nitriles is 1. The monoisotopic (exact) mass is 377 g/mol. The standard InChI is InChI=1S/C22H27N5O/c1-26-15-17(14-25-26)16-27-11-7-22(8-12-27)13-19(21(28)24-10-4-9-23)18-5-2-3-6-20(18)22/h2-3,5-6,14-15,19H,4,7-8,10-13,16H2,1H3,(H,24,28). The number of piperidine rings is 1. The first-order chi connectivity index (χ1) is 13.6. The van der Waals surface area contributed by atoms with Crippen molar-refractivity contribution in [3.8, 4) is 6.07 Å². The van der Waals surface area contributed by atoms with Crippen LogP contribution in [0.3, 0.4) is 0 Å². The summed E-state index contributed by atoms with van der Waals surface area (Å²) in [7, 11) is 1.95. The molecule has 1 aliphatic carbocycles. The minimum Gasteiger partial charge on any atom is -0.355 e. The summed E-state index contributed by atoms with van der Waals surface area (Å²) in [5.74, 6) is -0.0304. The number of aryl methyl sites for hydroxylation is 1. The maximum absolute atomic E-state index is 12.8. The fourth-order valence-corrected chi connectivity index (χ4v) is 4.92.